The number of carbonyl (C=O) groups is 3. The van der Waals surface area contributed by atoms with Gasteiger partial charge >= 0.3 is 0 Å². The van der Waals surface area contributed by atoms with Gasteiger partial charge in [0.05, 0.1) is 17.8 Å². The van der Waals surface area contributed by atoms with Crippen molar-refractivity contribution in [2.24, 2.45) is 0 Å². The molecule has 7 heteroatoms. The van der Waals surface area contributed by atoms with Gasteiger partial charge in [-0.2, -0.15) is 8.75 Å². The van der Waals surface area contributed by atoms with Crippen molar-refractivity contribution in [3.63, 3.8) is 0 Å². The summed E-state index contributed by atoms with van der Waals surface area (Å²) in [6.45, 7) is 1.20. The third kappa shape index (κ3) is 4.51. The molecule has 1 aromatic heterocycles. The predicted octanol–water partition coefficient (Wildman–Crippen LogP) is 2.70. The van der Waals surface area contributed by atoms with Crippen LogP contribution >= 0.6 is 11.7 Å². The molecule has 1 amide bonds. The third-order valence-electron chi connectivity index (χ3n) is 4.00. The minimum absolute atomic E-state index is 0.139. The molecule has 0 saturated heterocycles. The Morgan fingerprint density at radius 2 is 1.59 bits per heavy atom. The molecule has 1 N–H and O–H groups in total. The molecule has 27 heavy (non-hydrogen) atoms. The molecule has 136 valence electrons. The van der Waals surface area contributed by atoms with Crippen molar-refractivity contribution < 1.29 is 14.4 Å². The van der Waals surface area contributed by atoms with E-state index in [4.69, 9.17) is 0 Å². The van der Waals surface area contributed by atoms with Crippen molar-refractivity contribution in [1.29, 1.82) is 0 Å². The minimum Gasteiger partial charge on any atom is -0.340 e. The highest BCUT2D eigenvalue weighted by atomic mass is 32.1. The summed E-state index contributed by atoms with van der Waals surface area (Å²) in [4.78, 5) is 36.7. The normalized spacial score (nSPS) is 11.6. The number of carbonyl (C=O) groups excluding carboxylic acids is 3. The lowest BCUT2D eigenvalue weighted by Gasteiger charge is -2.16. The maximum absolute atomic E-state index is 12.8. The van der Waals surface area contributed by atoms with Gasteiger partial charge in [0.25, 0.3) is 5.91 Å². The van der Waals surface area contributed by atoms with Crippen molar-refractivity contribution in [3.05, 3.63) is 71.9 Å². The number of nitrogens with one attached hydrogen (secondary N) is 1. The molecule has 1 unspecified atom stereocenters. The fraction of sp³-hybridized carbons (Fsp3) is 0.150. The second-order valence-electron chi connectivity index (χ2n) is 5.96. The molecular formula is C20H17N3O3S. The maximum atomic E-state index is 12.8. The molecule has 2 aromatic carbocycles. The van der Waals surface area contributed by atoms with Crippen LogP contribution in [-0.4, -0.2) is 32.3 Å². The zero-order valence-corrected chi connectivity index (χ0v) is 15.4. The van der Waals surface area contributed by atoms with E-state index in [0.29, 0.717) is 5.69 Å². The molecule has 0 aliphatic heterocycles. The maximum Gasteiger partial charge on any atom is 0.273 e. The van der Waals surface area contributed by atoms with Crippen LogP contribution in [0.3, 0.4) is 0 Å². The van der Waals surface area contributed by atoms with Crippen molar-refractivity contribution in [2.75, 3.05) is 0 Å². The molecule has 0 radical (unpaired) electrons. The van der Waals surface area contributed by atoms with E-state index in [1.165, 1.54) is 6.92 Å². The van der Waals surface area contributed by atoms with Crippen LogP contribution in [0.2, 0.25) is 0 Å². The largest absolute Gasteiger partial charge is 0.340 e. The minimum atomic E-state index is -0.956. The standard InChI is InChI=1S/C20H17N3O3S/c1-13(24)19(25)16(12-14-8-4-2-5-9-14)21-20(26)18-17(22-27-23-18)15-10-6-3-7-11-15/h2-11,16H,12H2,1H3,(H,21,26). The number of hydrogen-bond acceptors (Lipinski definition) is 6. The predicted molar refractivity (Wildman–Crippen MR) is 102 cm³/mol. The van der Waals surface area contributed by atoms with Crippen LogP contribution in [0.25, 0.3) is 11.3 Å². The number of benzene rings is 2. The van der Waals surface area contributed by atoms with Crippen LogP contribution in [0.15, 0.2) is 60.7 Å². The van der Waals surface area contributed by atoms with E-state index >= 15 is 0 Å². The van der Waals surface area contributed by atoms with E-state index in [0.717, 1.165) is 22.9 Å². The molecule has 1 atom stereocenters. The van der Waals surface area contributed by atoms with Crippen molar-refractivity contribution in [2.45, 2.75) is 19.4 Å². The van der Waals surface area contributed by atoms with Crippen LogP contribution in [0, 0.1) is 0 Å². The average molecular weight is 379 g/mol. The van der Waals surface area contributed by atoms with Gasteiger partial charge in [0.1, 0.15) is 5.69 Å². The van der Waals surface area contributed by atoms with Crippen LogP contribution in [-0.2, 0) is 16.0 Å². The molecule has 1 heterocycles. The first kappa shape index (κ1) is 18.6. The smallest absolute Gasteiger partial charge is 0.273 e. The third-order valence-corrected chi connectivity index (χ3v) is 4.53. The Balaban J connectivity index is 1.84. The van der Waals surface area contributed by atoms with Gasteiger partial charge in [0.15, 0.2) is 11.5 Å². The molecule has 0 bridgehead atoms. The summed E-state index contributed by atoms with van der Waals surface area (Å²) < 4.78 is 8.28. The molecule has 3 rings (SSSR count). The number of Topliss-reactive ketones (excluding diaryl/α,β-unsaturated/α-hetero) is 2. The lowest BCUT2D eigenvalue weighted by atomic mass is 10.00. The Hall–Kier alpha value is -3.19. The molecular weight excluding hydrogens is 362 g/mol. The number of ketones is 2. The van der Waals surface area contributed by atoms with E-state index in [2.05, 4.69) is 14.1 Å². The summed E-state index contributed by atoms with van der Waals surface area (Å²) in [7, 11) is 0. The molecule has 3 aromatic rings. The van der Waals surface area contributed by atoms with Gasteiger partial charge in [-0.05, 0) is 5.56 Å². The summed E-state index contributed by atoms with van der Waals surface area (Å²) in [5, 5.41) is 2.65. The first-order valence-electron chi connectivity index (χ1n) is 8.34. The van der Waals surface area contributed by atoms with Gasteiger partial charge in [-0.25, -0.2) is 0 Å². The lowest BCUT2D eigenvalue weighted by Crippen LogP contribution is -2.45. The van der Waals surface area contributed by atoms with E-state index in [1.807, 2.05) is 60.7 Å². The number of aromatic nitrogens is 2. The molecule has 0 spiro atoms. The Bertz CT molecular complexity index is 955. The SMILES string of the molecule is CC(=O)C(=O)C(Cc1ccccc1)NC(=O)c1nsnc1-c1ccccc1. The van der Waals surface area contributed by atoms with Crippen molar-refractivity contribution >= 4 is 29.2 Å². The van der Waals surface area contributed by atoms with Gasteiger partial charge in [-0.1, -0.05) is 60.7 Å². The second kappa shape index (κ2) is 8.46. The molecule has 0 fully saturated rings. The summed E-state index contributed by atoms with van der Waals surface area (Å²) in [5.74, 6) is -1.77. The first-order chi connectivity index (χ1) is 13.1. The number of rotatable bonds is 7. The topological polar surface area (TPSA) is 89.0 Å². The summed E-state index contributed by atoms with van der Waals surface area (Å²) in [5.41, 5.74) is 2.19. The van der Waals surface area contributed by atoms with Crippen LogP contribution < -0.4 is 5.32 Å². The van der Waals surface area contributed by atoms with Gasteiger partial charge in [-0.3, -0.25) is 14.4 Å². The van der Waals surface area contributed by atoms with Gasteiger partial charge in [0.2, 0.25) is 5.78 Å². The van der Waals surface area contributed by atoms with Crippen LogP contribution in [0.5, 0.6) is 0 Å². The summed E-state index contributed by atoms with van der Waals surface area (Å²) in [6, 6.07) is 17.5. The molecule has 0 aliphatic carbocycles. The Morgan fingerprint density at radius 3 is 2.22 bits per heavy atom. The van der Waals surface area contributed by atoms with E-state index in [1.54, 1.807) is 0 Å². The quantitative estimate of drug-likeness (QED) is 0.638. The van der Waals surface area contributed by atoms with Gasteiger partial charge < -0.3 is 5.32 Å². The zero-order chi connectivity index (χ0) is 19.2. The zero-order valence-electron chi connectivity index (χ0n) is 14.6. The van der Waals surface area contributed by atoms with Crippen LogP contribution in [0.1, 0.15) is 23.0 Å². The Morgan fingerprint density at radius 1 is 0.963 bits per heavy atom. The van der Waals surface area contributed by atoms with E-state index in [9.17, 15) is 14.4 Å². The van der Waals surface area contributed by atoms with Gasteiger partial charge in [0, 0.05) is 18.9 Å². The number of amides is 1. The van der Waals surface area contributed by atoms with E-state index < -0.39 is 23.5 Å². The molecule has 6 nitrogen and oxygen atoms in total. The fourth-order valence-corrected chi connectivity index (χ4v) is 3.22. The number of nitrogens with zero attached hydrogens (tertiary/aromatic N) is 2. The van der Waals surface area contributed by atoms with E-state index in [-0.39, 0.29) is 12.1 Å². The highest BCUT2D eigenvalue weighted by molar-refractivity contribution is 6.99. The van der Waals surface area contributed by atoms with Crippen LogP contribution in [0.4, 0.5) is 0 Å². The molecule has 0 aliphatic rings. The molecule has 0 saturated carbocycles. The number of hydrogen-bond donors (Lipinski definition) is 1. The summed E-state index contributed by atoms with van der Waals surface area (Å²) >= 11 is 0.922. The monoisotopic (exact) mass is 379 g/mol. The highest BCUT2D eigenvalue weighted by Crippen LogP contribution is 2.21. The summed E-state index contributed by atoms with van der Waals surface area (Å²) in [6.07, 6.45) is 0.225. The van der Waals surface area contributed by atoms with Crippen molar-refractivity contribution in [3.8, 4) is 11.3 Å². The Kier molecular flexibility index (Phi) is 5.83. The average Bonchev–Trinajstić information content (AvgIpc) is 3.18. The fourth-order valence-electron chi connectivity index (χ4n) is 2.65. The lowest BCUT2D eigenvalue weighted by molar-refractivity contribution is -0.136. The highest BCUT2D eigenvalue weighted by Gasteiger charge is 2.27. The van der Waals surface area contributed by atoms with Crippen molar-refractivity contribution in [1.82, 2.24) is 14.1 Å². The Labute approximate surface area is 160 Å². The second-order valence-corrected chi connectivity index (χ2v) is 6.49. The van der Waals surface area contributed by atoms with Gasteiger partial charge in [-0.15, -0.1) is 0 Å². The first-order valence-corrected chi connectivity index (χ1v) is 9.07.